The fourth-order valence-corrected chi connectivity index (χ4v) is 3.91. The number of piperazine rings is 1. The molecule has 0 unspecified atom stereocenters. The van der Waals surface area contributed by atoms with E-state index >= 15 is 0 Å². The first-order valence-corrected chi connectivity index (χ1v) is 9.26. The van der Waals surface area contributed by atoms with Crippen LogP contribution in [0, 0.1) is 13.8 Å². The monoisotopic (exact) mass is 352 g/mol. The first kappa shape index (κ1) is 17.0. The summed E-state index contributed by atoms with van der Waals surface area (Å²) in [6.45, 7) is 11.3. The topological polar surface area (TPSA) is 62.5 Å². The number of benzene rings is 1. The highest BCUT2D eigenvalue weighted by atomic mass is 16.4. The van der Waals surface area contributed by atoms with Gasteiger partial charge in [0.15, 0.2) is 5.82 Å². The molecule has 1 aliphatic heterocycles. The second-order valence-electron chi connectivity index (χ2n) is 7.06. The zero-order valence-electron chi connectivity index (χ0n) is 15.6. The van der Waals surface area contributed by atoms with E-state index < -0.39 is 0 Å². The molecule has 0 radical (unpaired) electrons. The van der Waals surface area contributed by atoms with Crippen molar-refractivity contribution in [2.24, 2.45) is 0 Å². The van der Waals surface area contributed by atoms with Crippen LogP contribution in [0.25, 0.3) is 21.9 Å². The van der Waals surface area contributed by atoms with E-state index in [1.54, 1.807) is 0 Å². The molecular weight excluding hydrogens is 328 g/mol. The van der Waals surface area contributed by atoms with Gasteiger partial charge in [-0.15, -0.1) is 10.2 Å². The summed E-state index contributed by atoms with van der Waals surface area (Å²) in [6, 6.07) is 5.44. The molecule has 4 rings (SSSR count). The molecule has 136 valence electrons. The quantitative estimate of drug-likeness (QED) is 0.533. The Hall–Kier alpha value is -2.47. The number of nitrogens with zero attached hydrogens (tertiary/aromatic N) is 4. The lowest BCUT2D eigenvalue weighted by Crippen LogP contribution is -2.47. The average Bonchev–Trinajstić information content (AvgIpc) is 2.62. The van der Waals surface area contributed by atoms with Crippen LogP contribution in [0.5, 0.6) is 0 Å². The van der Waals surface area contributed by atoms with Crippen molar-refractivity contribution in [1.29, 1.82) is 0 Å². The van der Waals surface area contributed by atoms with E-state index in [4.69, 9.17) is 4.42 Å². The lowest BCUT2D eigenvalue weighted by molar-refractivity contribution is 0.257. The van der Waals surface area contributed by atoms with Crippen LogP contribution in [0.1, 0.15) is 24.5 Å². The van der Waals surface area contributed by atoms with Crippen LogP contribution in [0.15, 0.2) is 27.4 Å². The molecule has 0 N–H and O–H groups in total. The van der Waals surface area contributed by atoms with Crippen molar-refractivity contribution >= 4 is 27.7 Å². The van der Waals surface area contributed by atoms with Crippen molar-refractivity contribution in [2.45, 2.75) is 27.2 Å². The number of fused-ring (bicyclic) bond motifs is 3. The first-order valence-electron chi connectivity index (χ1n) is 9.26. The summed E-state index contributed by atoms with van der Waals surface area (Å²) in [5.74, 6) is 0.894. The maximum atomic E-state index is 11.9. The van der Waals surface area contributed by atoms with E-state index in [0.717, 1.165) is 66.0 Å². The molecule has 2 aromatic heterocycles. The maximum absolute atomic E-state index is 11.9. The third-order valence-electron chi connectivity index (χ3n) is 5.27. The third kappa shape index (κ3) is 2.84. The van der Waals surface area contributed by atoms with Gasteiger partial charge in [-0.25, -0.2) is 4.79 Å². The van der Waals surface area contributed by atoms with Crippen LogP contribution in [0.3, 0.4) is 0 Å². The van der Waals surface area contributed by atoms with E-state index in [1.165, 1.54) is 12.5 Å². The first-order chi connectivity index (χ1) is 12.6. The summed E-state index contributed by atoms with van der Waals surface area (Å²) < 4.78 is 5.58. The summed E-state index contributed by atoms with van der Waals surface area (Å²) >= 11 is 0. The molecule has 0 aliphatic carbocycles. The minimum absolute atomic E-state index is 0.326. The Morgan fingerprint density at radius 2 is 1.88 bits per heavy atom. The zero-order valence-corrected chi connectivity index (χ0v) is 15.6. The number of aryl methyl sites for hydroxylation is 2. The van der Waals surface area contributed by atoms with Crippen LogP contribution in [-0.4, -0.2) is 47.8 Å². The SMILES string of the molecule is CCCN1CCN(c2nnc3ccc4c(C)cc(=O)oc4c3c2C)CC1. The molecule has 26 heavy (non-hydrogen) atoms. The molecule has 0 saturated carbocycles. The molecule has 1 aromatic carbocycles. The lowest BCUT2D eigenvalue weighted by Gasteiger charge is -2.35. The van der Waals surface area contributed by atoms with Crippen molar-refractivity contribution in [3.05, 3.63) is 39.7 Å². The summed E-state index contributed by atoms with van der Waals surface area (Å²) in [7, 11) is 0. The number of rotatable bonds is 3. The van der Waals surface area contributed by atoms with E-state index in [1.807, 2.05) is 26.0 Å². The van der Waals surface area contributed by atoms with E-state index in [9.17, 15) is 4.79 Å². The summed E-state index contributed by atoms with van der Waals surface area (Å²) in [6.07, 6.45) is 1.18. The molecule has 0 bridgehead atoms. The average molecular weight is 352 g/mol. The Balaban J connectivity index is 1.82. The Kier molecular flexibility index (Phi) is 4.36. The van der Waals surface area contributed by atoms with Gasteiger partial charge in [0.25, 0.3) is 0 Å². The van der Waals surface area contributed by atoms with Crippen molar-refractivity contribution in [3.8, 4) is 0 Å². The fraction of sp³-hybridized carbons (Fsp3) is 0.450. The minimum atomic E-state index is -0.326. The lowest BCUT2D eigenvalue weighted by atomic mass is 10.0. The molecule has 3 heterocycles. The Bertz CT molecular complexity index is 1020. The van der Waals surface area contributed by atoms with Crippen LogP contribution in [0.4, 0.5) is 5.82 Å². The molecule has 3 aromatic rings. The Morgan fingerprint density at radius 1 is 1.12 bits per heavy atom. The van der Waals surface area contributed by atoms with E-state index in [2.05, 4.69) is 26.9 Å². The van der Waals surface area contributed by atoms with Gasteiger partial charge < -0.3 is 9.32 Å². The van der Waals surface area contributed by atoms with Crippen LogP contribution < -0.4 is 10.5 Å². The van der Waals surface area contributed by atoms with Gasteiger partial charge in [0.2, 0.25) is 0 Å². The second-order valence-corrected chi connectivity index (χ2v) is 7.06. The maximum Gasteiger partial charge on any atom is 0.336 e. The highest BCUT2D eigenvalue weighted by molar-refractivity contribution is 6.06. The van der Waals surface area contributed by atoms with Crippen molar-refractivity contribution < 1.29 is 4.42 Å². The van der Waals surface area contributed by atoms with Crippen LogP contribution in [-0.2, 0) is 0 Å². The molecule has 1 aliphatic rings. The molecule has 1 fully saturated rings. The third-order valence-corrected chi connectivity index (χ3v) is 5.27. The standard InChI is InChI=1S/C20H24N4O2/c1-4-7-23-8-10-24(11-9-23)20-14(3)18-16(21-22-20)6-5-15-13(2)12-17(25)26-19(15)18/h5-6,12H,4,7-11H2,1-3H3. The molecule has 6 nitrogen and oxygen atoms in total. The number of hydrogen-bond acceptors (Lipinski definition) is 6. The van der Waals surface area contributed by atoms with Crippen molar-refractivity contribution in [1.82, 2.24) is 15.1 Å². The van der Waals surface area contributed by atoms with E-state index in [0.29, 0.717) is 5.58 Å². The predicted octanol–water partition coefficient (Wildman–Crippen LogP) is 2.89. The van der Waals surface area contributed by atoms with Gasteiger partial charge in [0.05, 0.1) is 10.9 Å². The van der Waals surface area contributed by atoms with Gasteiger partial charge in [-0.05, 0) is 44.5 Å². The largest absolute Gasteiger partial charge is 0.422 e. The molecule has 0 spiro atoms. The number of hydrogen-bond donors (Lipinski definition) is 0. The number of anilines is 1. The van der Waals surface area contributed by atoms with Crippen molar-refractivity contribution in [2.75, 3.05) is 37.6 Å². The summed E-state index contributed by atoms with van der Waals surface area (Å²) in [5.41, 5.74) is 3.00. The highest BCUT2D eigenvalue weighted by Crippen LogP contribution is 2.31. The zero-order chi connectivity index (χ0) is 18.3. The van der Waals surface area contributed by atoms with Gasteiger partial charge in [-0.3, -0.25) is 4.90 Å². The summed E-state index contributed by atoms with van der Waals surface area (Å²) in [5, 5.41) is 10.7. The Labute approximate surface area is 152 Å². The van der Waals surface area contributed by atoms with Gasteiger partial charge in [0.1, 0.15) is 5.58 Å². The second kappa shape index (κ2) is 6.68. The van der Waals surface area contributed by atoms with E-state index in [-0.39, 0.29) is 5.63 Å². The highest BCUT2D eigenvalue weighted by Gasteiger charge is 2.21. The smallest absolute Gasteiger partial charge is 0.336 e. The fourth-order valence-electron chi connectivity index (χ4n) is 3.91. The van der Waals surface area contributed by atoms with Crippen molar-refractivity contribution in [3.63, 3.8) is 0 Å². The van der Waals surface area contributed by atoms with Crippen LogP contribution >= 0.6 is 0 Å². The van der Waals surface area contributed by atoms with Gasteiger partial charge in [0, 0.05) is 43.2 Å². The molecule has 0 atom stereocenters. The predicted molar refractivity (Wildman–Crippen MR) is 104 cm³/mol. The van der Waals surface area contributed by atoms with Gasteiger partial charge >= 0.3 is 5.63 Å². The number of aromatic nitrogens is 2. The minimum Gasteiger partial charge on any atom is -0.422 e. The normalized spacial score (nSPS) is 15.9. The van der Waals surface area contributed by atoms with Crippen LogP contribution in [0.2, 0.25) is 0 Å². The molecule has 0 amide bonds. The van der Waals surface area contributed by atoms with Gasteiger partial charge in [-0.2, -0.15) is 0 Å². The Morgan fingerprint density at radius 3 is 2.62 bits per heavy atom. The molecule has 6 heteroatoms. The molecular formula is C20H24N4O2. The summed E-state index contributed by atoms with van der Waals surface area (Å²) in [4.78, 5) is 16.7. The molecule has 1 saturated heterocycles. The van der Waals surface area contributed by atoms with Gasteiger partial charge in [-0.1, -0.05) is 6.92 Å².